The third kappa shape index (κ3) is 4.38. The summed E-state index contributed by atoms with van der Waals surface area (Å²) in [5, 5.41) is 4.67. The molecule has 0 unspecified atom stereocenters. The van der Waals surface area contributed by atoms with E-state index in [1.807, 2.05) is 29.6 Å². The molecule has 1 aromatic heterocycles. The number of thiophene rings is 1. The monoisotopic (exact) mass is 398 g/mol. The number of hydrogen-bond acceptors (Lipinski definition) is 5. The van der Waals surface area contributed by atoms with Crippen LogP contribution in [0.2, 0.25) is 0 Å². The van der Waals surface area contributed by atoms with Crippen LogP contribution in [0.15, 0.2) is 29.6 Å². The average molecular weight is 399 g/mol. The lowest BCUT2D eigenvalue weighted by molar-refractivity contribution is -0.119. The third-order valence-corrected chi connectivity index (χ3v) is 6.58. The molecule has 1 amide bonds. The molecule has 28 heavy (non-hydrogen) atoms. The lowest BCUT2D eigenvalue weighted by Gasteiger charge is -2.28. The SMILES string of the molecule is O=C(COC(=O)c1csc2c1CCCC2)Nc1ccc(N2CCCCC2)cc1. The number of benzene rings is 1. The molecule has 5 nitrogen and oxygen atoms in total. The van der Waals surface area contributed by atoms with Gasteiger partial charge in [-0.05, 0) is 74.8 Å². The van der Waals surface area contributed by atoms with Crippen molar-refractivity contribution in [2.75, 3.05) is 29.9 Å². The molecule has 0 atom stereocenters. The number of hydrogen-bond donors (Lipinski definition) is 1. The molecule has 2 aromatic rings. The zero-order valence-electron chi connectivity index (χ0n) is 16.0. The van der Waals surface area contributed by atoms with E-state index in [-0.39, 0.29) is 12.5 Å². The Morgan fingerprint density at radius 3 is 2.54 bits per heavy atom. The number of nitrogens with one attached hydrogen (secondary N) is 1. The smallest absolute Gasteiger partial charge is 0.339 e. The van der Waals surface area contributed by atoms with E-state index in [1.54, 1.807) is 11.3 Å². The predicted octanol–water partition coefficient (Wildman–Crippen LogP) is 4.41. The summed E-state index contributed by atoms with van der Waals surface area (Å²) in [5.74, 6) is -0.710. The van der Waals surface area contributed by atoms with Crippen molar-refractivity contribution in [3.63, 3.8) is 0 Å². The quantitative estimate of drug-likeness (QED) is 0.758. The Bertz CT molecular complexity index is 838. The van der Waals surface area contributed by atoms with Crippen LogP contribution in [0.25, 0.3) is 0 Å². The largest absolute Gasteiger partial charge is 0.452 e. The van der Waals surface area contributed by atoms with E-state index in [9.17, 15) is 9.59 Å². The molecular formula is C22H26N2O3S. The molecule has 0 bridgehead atoms. The number of amides is 1. The Morgan fingerprint density at radius 2 is 1.75 bits per heavy atom. The predicted molar refractivity (Wildman–Crippen MR) is 112 cm³/mol. The zero-order valence-corrected chi connectivity index (χ0v) is 16.9. The molecular weight excluding hydrogens is 372 g/mol. The van der Waals surface area contributed by atoms with Gasteiger partial charge in [-0.25, -0.2) is 4.79 Å². The molecule has 1 N–H and O–H groups in total. The molecule has 148 valence electrons. The molecule has 1 saturated heterocycles. The molecule has 1 aliphatic heterocycles. The van der Waals surface area contributed by atoms with Crippen LogP contribution in [0.1, 0.15) is 52.9 Å². The number of piperidine rings is 1. The fourth-order valence-electron chi connectivity index (χ4n) is 3.98. The number of esters is 1. The van der Waals surface area contributed by atoms with Gasteiger partial charge in [-0.2, -0.15) is 0 Å². The van der Waals surface area contributed by atoms with Gasteiger partial charge >= 0.3 is 5.97 Å². The Balaban J connectivity index is 1.28. The molecule has 6 heteroatoms. The van der Waals surface area contributed by atoms with E-state index in [0.29, 0.717) is 5.56 Å². The Morgan fingerprint density at radius 1 is 1.00 bits per heavy atom. The van der Waals surface area contributed by atoms with Crippen LogP contribution in [-0.2, 0) is 22.4 Å². The Hall–Kier alpha value is -2.34. The molecule has 2 aliphatic rings. The maximum absolute atomic E-state index is 12.4. The van der Waals surface area contributed by atoms with Crippen molar-refractivity contribution in [3.8, 4) is 0 Å². The van der Waals surface area contributed by atoms with Gasteiger partial charge in [0.2, 0.25) is 0 Å². The Kier molecular flexibility index (Phi) is 5.95. The second-order valence-corrected chi connectivity index (χ2v) is 8.44. The van der Waals surface area contributed by atoms with Gasteiger partial charge < -0.3 is 15.0 Å². The molecule has 1 aliphatic carbocycles. The first kappa shape index (κ1) is 19.0. The number of anilines is 2. The number of nitrogens with zero attached hydrogens (tertiary/aromatic N) is 1. The van der Waals surface area contributed by atoms with Crippen LogP contribution in [0, 0.1) is 0 Å². The van der Waals surface area contributed by atoms with Crippen LogP contribution in [0.4, 0.5) is 11.4 Å². The van der Waals surface area contributed by atoms with Crippen LogP contribution in [-0.4, -0.2) is 31.6 Å². The number of carbonyl (C=O) groups is 2. The van der Waals surface area contributed by atoms with Crippen LogP contribution in [0.5, 0.6) is 0 Å². The van der Waals surface area contributed by atoms with E-state index >= 15 is 0 Å². The fourth-order valence-corrected chi connectivity index (χ4v) is 5.09. The summed E-state index contributed by atoms with van der Waals surface area (Å²) in [5.41, 5.74) is 3.66. The molecule has 1 fully saturated rings. The fraction of sp³-hybridized carbons (Fsp3) is 0.455. The number of carbonyl (C=O) groups excluding carboxylic acids is 2. The van der Waals surface area contributed by atoms with E-state index < -0.39 is 5.97 Å². The highest BCUT2D eigenvalue weighted by Gasteiger charge is 2.21. The normalized spacial score (nSPS) is 16.4. The number of aryl methyl sites for hydroxylation is 1. The molecule has 0 spiro atoms. The highest BCUT2D eigenvalue weighted by molar-refractivity contribution is 7.10. The summed E-state index contributed by atoms with van der Waals surface area (Å²) in [4.78, 5) is 28.2. The second-order valence-electron chi connectivity index (χ2n) is 7.48. The lowest BCUT2D eigenvalue weighted by atomic mass is 9.96. The zero-order chi connectivity index (χ0) is 19.3. The van der Waals surface area contributed by atoms with Crippen molar-refractivity contribution in [1.82, 2.24) is 0 Å². The van der Waals surface area contributed by atoms with Crippen molar-refractivity contribution in [2.24, 2.45) is 0 Å². The summed E-state index contributed by atoms with van der Waals surface area (Å²) < 4.78 is 5.25. The first-order valence-corrected chi connectivity index (χ1v) is 11.0. The van der Waals surface area contributed by atoms with Gasteiger partial charge in [0.05, 0.1) is 5.56 Å². The second kappa shape index (κ2) is 8.78. The summed E-state index contributed by atoms with van der Waals surface area (Å²) in [6, 6.07) is 7.87. The maximum atomic E-state index is 12.4. The number of rotatable bonds is 5. The van der Waals surface area contributed by atoms with Crippen LogP contribution in [0.3, 0.4) is 0 Å². The first-order valence-electron chi connectivity index (χ1n) is 10.1. The minimum absolute atomic E-state index is 0.267. The summed E-state index contributed by atoms with van der Waals surface area (Å²) >= 11 is 1.62. The minimum Gasteiger partial charge on any atom is -0.452 e. The molecule has 1 aromatic carbocycles. The maximum Gasteiger partial charge on any atom is 0.339 e. The van der Waals surface area contributed by atoms with Crippen molar-refractivity contribution in [1.29, 1.82) is 0 Å². The van der Waals surface area contributed by atoms with Crippen LogP contribution >= 0.6 is 11.3 Å². The Labute approximate surface area is 169 Å². The van der Waals surface area contributed by atoms with E-state index in [4.69, 9.17) is 4.74 Å². The molecule has 0 radical (unpaired) electrons. The van der Waals surface area contributed by atoms with Crippen molar-refractivity contribution < 1.29 is 14.3 Å². The van der Waals surface area contributed by atoms with Crippen molar-refractivity contribution >= 4 is 34.6 Å². The third-order valence-electron chi connectivity index (χ3n) is 5.49. The van der Waals surface area contributed by atoms with Crippen LogP contribution < -0.4 is 10.2 Å². The van der Waals surface area contributed by atoms with E-state index in [1.165, 1.54) is 36.2 Å². The lowest BCUT2D eigenvalue weighted by Crippen LogP contribution is -2.29. The van der Waals surface area contributed by atoms with Gasteiger partial charge in [-0.3, -0.25) is 4.79 Å². The van der Waals surface area contributed by atoms with E-state index in [2.05, 4.69) is 10.2 Å². The molecule has 4 rings (SSSR count). The number of fused-ring (bicyclic) bond motifs is 1. The van der Waals surface area contributed by atoms with Crippen molar-refractivity contribution in [2.45, 2.75) is 44.9 Å². The summed E-state index contributed by atoms with van der Waals surface area (Å²) in [6.45, 7) is 1.92. The van der Waals surface area contributed by atoms with E-state index in [0.717, 1.165) is 43.6 Å². The first-order chi connectivity index (χ1) is 13.7. The van der Waals surface area contributed by atoms with Gasteiger partial charge in [0.15, 0.2) is 6.61 Å². The summed E-state index contributed by atoms with van der Waals surface area (Å²) in [6.07, 6.45) is 8.03. The van der Waals surface area contributed by atoms with Gasteiger partial charge in [0.1, 0.15) is 0 Å². The standard InChI is InChI=1S/C22H26N2O3S/c25-21(14-27-22(26)19-15-28-20-7-3-2-6-18(19)20)23-16-8-10-17(11-9-16)24-12-4-1-5-13-24/h8-11,15H,1-7,12-14H2,(H,23,25). The molecule has 2 heterocycles. The highest BCUT2D eigenvalue weighted by atomic mass is 32.1. The average Bonchev–Trinajstić information content (AvgIpc) is 3.17. The summed E-state index contributed by atoms with van der Waals surface area (Å²) in [7, 11) is 0. The van der Waals surface area contributed by atoms with Gasteiger partial charge in [0, 0.05) is 34.7 Å². The van der Waals surface area contributed by atoms with Gasteiger partial charge in [-0.1, -0.05) is 0 Å². The highest BCUT2D eigenvalue weighted by Crippen LogP contribution is 2.30. The topological polar surface area (TPSA) is 58.6 Å². The van der Waals surface area contributed by atoms with Gasteiger partial charge in [-0.15, -0.1) is 11.3 Å². The van der Waals surface area contributed by atoms with Gasteiger partial charge in [0.25, 0.3) is 5.91 Å². The number of ether oxygens (including phenoxy) is 1. The van der Waals surface area contributed by atoms with Crippen molar-refractivity contribution in [3.05, 3.63) is 45.6 Å². The molecule has 0 saturated carbocycles. The minimum atomic E-state index is -0.394.